The number of rotatable bonds is 3. The van der Waals surface area contributed by atoms with E-state index >= 15 is 0 Å². The number of benzene rings is 1. The zero-order valence-electron chi connectivity index (χ0n) is 9.95. The lowest BCUT2D eigenvalue weighted by Crippen LogP contribution is -2.36. The van der Waals surface area contributed by atoms with Gasteiger partial charge >= 0.3 is 12.2 Å². The first-order chi connectivity index (χ1) is 8.83. The van der Waals surface area contributed by atoms with Crippen LogP contribution in [-0.2, 0) is 0 Å². The summed E-state index contributed by atoms with van der Waals surface area (Å²) in [5.74, 6) is 0. The standard InChI is InChI=1S/C11H12F3N3O2/c1-7(17-19)8-4-2-3-5-9(8)16-10(18)15-6-11(12,13)14/h2-5,19H,6H2,1H3,(H2,15,16,18)/b17-7-. The Balaban J connectivity index is 2.75. The molecule has 19 heavy (non-hydrogen) atoms. The van der Waals surface area contributed by atoms with Gasteiger partial charge < -0.3 is 15.8 Å². The molecule has 0 saturated carbocycles. The van der Waals surface area contributed by atoms with Gasteiger partial charge in [0, 0.05) is 5.56 Å². The summed E-state index contributed by atoms with van der Waals surface area (Å²) in [7, 11) is 0. The normalized spacial score (nSPS) is 12.1. The lowest BCUT2D eigenvalue weighted by molar-refractivity contribution is -0.122. The van der Waals surface area contributed by atoms with E-state index in [2.05, 4.69) is 10.5 Å². The van der Waals surface area contributed by atoms with Crippen molar-refractivity contribution in [3.63, 3.8) is 0 Å². The number of hydrogen-bond donors (Lipinski definition) is 3. The number of anilines is 1. The monoisotopic (exact) mass is 275 g/mol. The van der Waals surface area contributed by atoms with Crippen molar-refractivity contribution in [1.29, 1.82) is 0 Å². The number of halogens is 3. The number of nitrogens with zero attached hydrogens (tertiary/aromatic N) is 1. The summed E-state index contributed by atoms with van der Waals surface area (Å²) in [6.07, 6.45) is -4.47. The third kappa shape index (κ3) is 4.86. The minimum Gasteiger partial charge on any atom is -0.411 e. The summed E-state index contributed by atoms with van der Waals surface area (Å²) < 4.78 is 35.8. The van der Waals surface area contributed by atoms with Crippen LogP contribution in [0.2, 0.25) is 0 Å². The van der Waals surface area contributed by atoms with Gasteiger partial charge in [-0.3, -0.25) is 0 Å². The van der Waals surface area contributed by atoms with Crippen LogP contribution < -0.4 is 10.6 Å². The second-order valence-electron chi connectivity index (χ2n) is 3.65. The van der Waals surface area contributed by atoms with Gasteiger partial charge in [-0.15, -0.1) is 0 Å². The van der Waals surface area contributed by atoms with Crippen LogP contribution >= 0.6 is 0 Å². The van der Waals surface area contributed by atoms with E-state index in [4.69, 9.17) is 5.21 Å². The lowest BCUT2D eigenvalue weighted by atomic mass is 10.1. The SMILES string of the molecule is C/C(=N/O)c1ccccc1NC(=O)NCC(F)(F)F. The molecular weight excluding hydrogens is 263 g/mol. The third-order valence-corrected chi connectivity index (χ3v) is 2.16. The molecule has 2 amide bonds. The van der Waals surface area contributed by atoms with Crippen molar-refractivity contribution < 1.29 is 23.2 Å². The Labute approximate surface area is 107 Å². The van der Waals surface area contributed by atoms with Crippen LogP contribution in [0.4, 0.5) is 23.7 Å². The van der Waals surface area contributed by atoms with E-state index in [0.717, 1.165) is 0 Å². The van der Waals surface area contributed by atoms with Crippen molar-refractivity contribution in [2.45, 2.75) is 13.1 Å². The van der Waals surface area contributed by atoms with Crippen molar-refractivity contribution in [3.05, 3.63) is 29.8 Å². The molecule has 0 unspecified atom stereocenters. The van der Waals surface area contributed by atoms with Crippen molar-refractivity contribution in [3.8, 4) is 0 Å². The highest BCUT2D eigenvalue weighted by Gasteiger charge is 2.27. The van der Waals surface area contributed by atoms with Crippen LogP contribution in [0.15, 0.2) is 29.4 Å². The quantitative estimate of drug-likeness (QED) is 0.450. The maximum Gasteiger partial charge on any atom is 0.405 e. The molecule has 0 aliphatic heterocycles. The summed E-state index contributed by atoms with van der Waals surface area (Å²) in [6, 6.07) is 5.29. The molecule has 104 valence electrons. The first kappa shape index (κ1) is 14.8. The highest BCUT2D eigenvalue weighted by molar-refractivity contribution is 6.05. The van der Waals surface area contributed by atoms with Gasteiger partial charge in [-0.2, -0.15) is 13.2 Å². The van der Waals surface area contributed by atoms with Crippen LogP contribution in [-0.4, -0.2) is 29.7 Å². The number of hydrogen-bond acceptors (Lipinski definition) is 3. The predicted octanol–water partition coefficient (Wildman–Crippen LogP) is 2.57. The number of carbonyl (C=O) groups is 1. The second-order valence-corrected chi connectivity index (χ2v) is 3.65. The number of alkyl halides is 3. The highest BCUT2D eigenvalue weighted by atomic mass is 19.4. The molecule has 0 saturated heterocycles. The van der Waals surface area contributed by atoms with Gasteiger partial charge in [-0.1, -0.05) is 23.4 Å². The molecule has 0 aliphatic carbocycles. The Morgan fingerprint density at radius 1 is 1.37 bits per heavy atom. The number of carbonyl (C=O) groups excluding carboxylic acids is 1. The average Bonchev–Trinajstić information content (AvgIpc) is 2.35. The van der Waals surface area contributed by atoms with E-state index in [-0.39, 0.29) is 11.4 Å². The predicted molar refractivity (Wildman–Crippen MR) is 63.5 cm³/mol. The van der Waals surface area contributed by atoms with E-state index in [1.54, 1.807) is 23.5 Å². The molecule has 0 bridgehead atoms. The molecule has 0 spiro atoms. The highest BCUT2D eigenvalue weighted by Crippen LogP contribution is 2.16. The molecule has 8 heteroatoms. The topological polar surface area (TPSA) is 73.7 Å². The zero-order valence-corrected chi connectivity index (χ0v) is 9.95. The summed E-state index contributed by atoms with van der Waals surface area (Å²) in [5.41, 5.74) is 0.886. The number of amides is 2. The molecule has 1 aromatic carbocycles. The van der Waals surface area contributed by atoms with E-state index < -0.39 is 18.8 Å². The summed E-state index contributed by atoms with van der Waals surface area (Å²) >= 11 is 0. The molecule has 0 heterocycles. The molecule has 0 atom stereocenters. The van der Waals surface area contributed by atoms with Crippen LogP contribution in [0.1, 0.15) is 12.5 Å². The van der Waals surface area contributed by atoms with Crippen molar-refractivity contribution >= 4 is 17.4 Å². The van der Waals surface area contributed by atoms with Gasteiger partial charge in [0.15, 0.2) is 0 Å². The van der Waals surface area contributed by atoms with Crippen molar-refractivity contribution in [2.24, 2.45) is 5.16 Å². The Morgan fingerprint density at radius 3 is 2.58 bits per heavy atom. The fourth-order valence-corrected chi connectivity index (χ4v) is 1.31. The molecule has 1 rings (SSSR count). The third-order valence-electron chi connectivity index (χ3n) is 2.16. The van der Waals surface area contributed by atoms with E-state index in [1.807, 2.05) is 0 Å². The largest absolute Gasteiger partial charge is 0.411 e. The molecule has 5 nitrogen and oxygen atoms in total. The van der Waals surface area contributed by atoms with Gasteiger partial charge in [0.05, 0.1) is 11.4 Å². The zero-order chi connectivity index (χ0) is 14.5. The molecule has 1 aromatic rings. The first-order valence-corrected chi connectivity index (χ1v) is 5.23. The molecule has 0 fully saturated rings. The molecular formula is C11H12F3N3O2. The van der Waals surface area contributed by atoms with Crippen LogP contribution in [0.25, 0.3) is 0 Å². The average molecular weight is 275 g/mol. The Morgan fingerprint density at radius 2 is 2.00 bits per heavy atom. The molecule has 3 N–H and O–H groups in total. The Hall–Kier alpha value is -2.25. The van der Waals surface area contributed by atoms with Gasteiger partial charge in [0.1, 0.15) is 6.54 Å². The van der Waals surface area contributed by atoms with Gasteiger partial charge in [-0.25, -0.2) is 4.79 Å². The van der Waals surface area contributed by atoms with Crippen molar-refractivity contribution in [1.82, 2.24) is 5.32 Å². The van der Waals surface area contributed by atoms with E-state index in [0.29, 0.717) is 5.56 Å². The minimum atomic E-state index is -4.47. The van der Waals surface area contributed by atoms with Crippen LogP contribution in [0, 0.1) is 0 Å². The van der Waals surface area contributed by atoms with Crippen LogP contribution in [0.3, 0.4) is 0 Å². The van der Waals surface area contributed by atoms with Gasteiger partial charge in [0.25, 0.3) is 0 Å². The summed E-state index contributed by atoms with van der Waals surface area (Å²) in [6.45, 7) is 0.0716. The first-order valence-electron chi connectivity index (χ1n) is 5.23. The maximum absolute atomic E-state index is 11.9. The number of urea groups is 1. The van der Waals surface area contributed by atoms with E-state index in [9.17, 15) is 18.0 Å². The van der Waals surface area contributed by atoms with Gasteiger partial charge in [0.2, 0.25) is 0 Å². The maximum atomic E-state index is 11.9. The van der Waals surface area contributed by atoms with Gasteiger partial charge in [-0.05, 0) is 13.0 Å². The van der Waals surface area contributed by atoms with E-state index in [1.165, 1.54) is 13.0 Å². The number of nitrogens with one attached hydrogen (secondary N) is 2. The van der Waals surface area contributed by atoms with Crippen LogP contribution in [0.5, 0.6) is 0 Å². The summed E-state index contributed by atoms with van der Waals surface area (Å²) in [4.78, 5) is 11.3. The smallest absolute Gasteiger partial charge is 0.405 e. The minimum absolute atomic E-state index is 0.228. The Bertz CT molecular complexity index is 486. The van der Waals surface area contributed by atoms with Crippen molar-refractivity contribution in [2.75, 3.05) is 11.9 Å². The molecule has 0 aliphatic rings. The second kappa shape index (κ2) is 6.07. The molecule has 0 radical (unpaired) electrons. The lowest BCUT2D eigenvalue weighted by Gasteiger charge is -2.12. The molecule has 0 aromatic heterocycles. The fraction of sp³-hybridized carbons (Fsp3) is 0.273. The Kier molecular flexibility index (Phi) is 4.74. The summed E-state index contributed by atoms with van der Waals surface area (Å²) in [5, 5.41) is 15.6. The number of para-hydroxylation sites is 1. The fourth-order valence-electron chi connectivity index (χ4n) is 1.31. The number of oxime groups is 1.